The number of carbonyl (C=O) groups excluding carboxylic acids is 1. The summed E-state index contributed by atoms with van der Waals surface area (Å²) in [5, 5.41) is 0. The number of ketones is 1. The van der Waals surface area contributed by atoms with Crippen LogP contribution in [0.25, 0.3) is 6.08 Å². The molecular weight excluding hydrogens is 231 g/mol. The molecule has 1 aromatic heterocycles. The topological polar surface area (TPSA) is 25.2 Å². The summed E-state index contributed by atoms with van der Waals surface area (Å²) in [6.45, 7) is 5.19. The van der Waals surface area contributed by atoms with Gasteiger partial charge in [0, 0.05) is 18.8 Å². The second-order valence-corrected chi connectivity index (χ2v) is 4.46. The summed E-state index contributed by atoms with van der Waals surface area (Å²) >= 11 is 0. The molecule has 0 saturated heterocycles. The lowest BCUT2D eigenvalue weighted by Gasteiger charge is -2.18. The molecule has 0 aromatic carbocycles. The first-order valence-electron chi connectivity index (χ1n) is 5.74. The Bertz CT molecular complexity index is 486. The predicted molar refractivity (Wildman–Crippen MR) is 72.2 cm³/mol. The van der Waals surface area contributed by atoms with Gasteiger partial charge in [-0.05, 0) is 39.2 Å². The molecule has 0 aliphatic rings. The molecule has 1 unspecified atom stereocenters. The fraction of sp³-hybridized carbons (Fsp3) is 0.357. The van der Waals surface area contributed by atoms with Crippen molar-refractivity contribution in [1.29, 1.82) is 0 Å². The number of allylic oxidation sites excluding steroid dienone is 2. The van der Waals surface area contributed by atoms with Gasteiger partial charge in [0.2, 0.25) is 0 Å². The van der Waals surface area contributed by atoms with Gasteiger partial charge in [-0.1, -0.05) is 6.58 Å². The highest BCUT2D eigenvalue weighted by Gasteiger charge is 2.21. The molecule has 0 bridgehead atoms. The lowest BCUT2D eigenvalue weighted by Crippen LogP contribution is -2.33. The summed E-state index contributed by atoms with van der Waals surface area (Å²) < 4.78 is 15.0. The van der Waals surface area contributed by atoms with Crippen LogP contribution >= 0.6 is 0 Å². The van der Waals surface area contributed by atoms with Crippen LogP contribution in [0.15, 0.2) is 30.7 Å². The fourth-order valence-corrected chi connectivity index (χ4v) is 1.58. The summed E-state index contributed by atoms with van der Waals surface area (Å²) in [6.07, 6.45) is 4.19. The molecule has 98 valence electrons. The number of aromatic nitrogens is 1. The third kappa shape index (κ3) is 2.96. The molecule has 0 amide bonds. The van der Waals surface area contributed by atoms with Crippen LogP contribution in [0, 0.1) is 0 Å². The lowest BCUT2D eigenvalue weighted by molar-refractivity contribution is 0.0890. The molecule has 1 atom stereocenters. The van der Waals surface area contributed by atoms with Crippen molar-refractivity contribution in [2.45, 2.75) is 13.0 Å². The molecule has 1 aromatic rings. The van der Waals surface area contributed by atoms with Crippen LogP contribution in [0.3, 0.4) is 0 Å². The van der Waals surface area contributed by atoms with E-state index in [2.05, 4.69) is 6.58 Å². The molecular formula is C14H19FN2O. The predicted octanol–water partition coefficient (Wildman–Crippen LogP) is 2.65. The van der Waals surface area contributed by atoms with E-state index in [1.807, 2.05) is 25.9 Å². The Kier molecular flexibility index (Phi) is 4.62. The lowest BCUT2D eigenvalue weighted by atomic mass is 10.0. The van der Waals surface area contributed by atoms with E-state index >= 15 is 0 Å². The maximum atomic E-state index is 13.3. The van der Waals surface area contributed by atoms with E-state index < -0.39 is 5.83 Å². The maximum Gasteiger partial charge on any atom is 0.181 e. The Balaban J connectivity index is 3.19. The number of aryl methyl sites for hydroxylation is 1. The molecule has 0 fully saturated rings. The average Bonchev–Trinajstić information content (AvgIpc) is 2.69. The van der Waals surface area contributed by atoms with Crippen LogP contribution in [0.5, 0.6) is 0 Å². The molecule has 0 aliphatic carbocycles. The van der Waals surface area contributed by atoms with Gasteiger partial charge in [-0.3, -0.25) is 9.69 Å². The van der Waals surface area contributed by atoms with Crippen molar-refractivity contribution < 1.29 is 9.18 Å². The van der Waals surface area contributed by atoms with Gasteiger partial charge >= 0.3 is 0 Å². The Labute approximate surface area is 107 Å². The van der Waals surface area contributed by atoms with Gasteiger partial charge in [0.1, 0.15) is 5.83 Å². The highest BCUT2D eigenvalue weighted by molar-refractivity contribution is 6.02. The summed E-state index contributed by atoms with van der Waals surface area (Å²) in [5.74, 6) is -0.480. The monoisotopic (exact) mass is 250 g/mol. The third-order valence-corrected chi connectivity index (χ3v) is 3.01. The third-order valence-electron chi connectivity index (χ3n) is 3.01. The first-order valence-corrected chi connectivity index (χ1v) is 5.74. The van der Waals surface area contributed by atoms with E-state index in [0.717, 1.165) is 6.08 Å². The largest absolute Gasteiger partial charge is 0.350 e. The molecule has 0 aliphatic heterocycles. The van der Waals surface area contributed by atoms with Crippen LogP contribution in [-0.4, -0.2) is 35.4 Å². The Morgan fingerprint density at radius 1 is 1.56 bits per heavy atom. The Morgan fingerprint density at radius 3 is 2.67 bits per heavy atom. The van der Waals surface area contributed by atoms with Crippen LogP contribution in [0.4, 0.5) is 4.39 Å². The van der Waals surface area contributed by atoms with Gasteiger partial charge in [-0.15, -0.1) is 0 Å². The first kappa shape index (κ1) is 14.4. The van der Waals surface area contributed by atoms with Crippen molar-refractivity contribution in [3.63, 3.8) is 0 Å². The van der Waals surface area contributed by atoms with Gasteiger partial charge in [0.25, 0.3) is 0 Å². The van der Waals surface area contributed by atoms with Crippen LogP contribution in [-0.2, 0) is 7.05 Å². The fourth-order valence-electron chi connectivity index (χ4n) is 1.58. The molecule has 0 radical (unpaired) electrons. The highest BCUT2D eigenvalue weighted by Crippen LogP contribution is 2.18. The number of carbonyl (C=O) groups is 1. The average molecular weight is 250 g/mol. The zero-order valence-corrected chi connectivity index (χ0v) is 11.3. The number of hydrogen-bond acceptors (Lipinski definition) is 2. The van der Waals surface area contributed by atoms with Crippen molar-refractivity contribution >= 4 is 11.9 Å². The minimum absolute atomic E-state index is 0.0243. The molecule has 1 rings (SSSR count). The molecule has 0 spiro atoms. The second-order valence-electron chi connectivity index (χ2n) is 4.46. The van der Waals surface area contributed by atoms with Gasteiger partial charge in [-0.25, -0.2) is 4.39 Å². The van der Waals surface area contributed by atoms with Gasteiger partial charge in [-0.2, -0.15) is 0 Å². The number of Topliss-reactive ketones (excluding diaryl/α,β-unsaturated/α-hetero) is 1. The van der Waals surface area contributed by atoms with Crippen LogP contribution in [0.2, 0.25) is 0 Å². The summed E-state index contributed by atoms with van der Waals surface area (Å²) in [6, 6.07) is 1.47. The van der Waals surface area contributed by atoms with E-state index in [9.17, 15) is 9.18 Å². The van der Waals surface area contributed by atoms with Crippen molar-refractivity contribution in [2.24, 2.45) is 7.05 Å². The minimum Gasteiger partial charge on any atom is -0.350 e. The summed E-state index contributed by atoms with van der Waals surface area (Å²) in [5.41, 5.74) is 1.09. The van der Waals surface area contributed by atoms with Gasteiger partial charge < -0.3 is 4.57 Å². The highest BCUT2D eigenvalue weighted by atomic mass is 19.1. The number of rotatable bonds is 5. The smallest absolute Gasteiger partial charge is 0.181 e. The molecule has 3 nitrogen and oxygen atoms in total. The van der Waals surface area contributed by atoms with E-state index in [0.29, 0.717) is 11.3 Å². The van der Waals surface area contributed by atoms with Crippen molar-refractivity contribution in [1.82, 2.24) is 9.47 Å². The maximum absolute atomic E-state index is 13.3. The minimum atomic E-state index is -0.455. The van der Waals surface area contributed by atoms with E-state index in [1.165, 1.54) is 6.08 Å². The summed E-state index contributed by atoms with van der Waals surface area (Å²) in [4.78, 5) is 14.1. The SMILES string of the molecule is C=C/C(F)=C\c1c(C(=O)C(C)N(C)C)ccn1C. The summed E-state index contributed by atoms with van der Waals surface area (Å²) in [7, 11) is 5.45. The Morgan fingerprint density at radius 2 is 2.17 bits per heavy atom. The zero-order valence-electron chi connectivity index (χ0n) is 11.3. The van der Waals surface area contributed by atoms with Gasteiger partial charge in [0.05, 0.1) is 11.7 Å². The van der Waals surface area contributed by atoms with Crippen LogP contribution < -0.4 is 0 Å². The zero-order chi connectivity index (χ0) is 13.9. The first-order chi connectivity index (χ1) is 8.38. The number of nitrogens with zero attached hydrogens (tertiary/aromatic N) is 2. The molecule has 0 N–H and O–H groups in total. The molecule has 4 heteroatoms. The van der Waals surface area contributed by atoms with E-state index in [1.54, 1.807) is 23.9 Å². The quantitative estimate of drug-likeness (QED) is 0.593. The molecule has 0 saturated carbocycles. The standard InChI is InChI=1S/C14H19FN2O/c1-6-11(15)9-13-12(7-8-17(13)5)14(18)10(2)16(3)4/h6-10H,1H2,2-5H3/b11-9+. The molecule has 18 heavy (non-hydrogen) atoms. The normalized spacial score (nSPS) is 13.8. The van der Waals surface area contributed by atoms with E-state index in [-0.39, 0.29) is 11.8 Å². The van der Waals surface area contributed by atoms with E-state index in [4.69, 9.17) is 0 Å². The Hall–Kier alpha value is -1.68. The van der Waals surface area contributed by atoms with Crippen molar-refractivity contribution in [3.05, 3.63) is 42.0 Å². The van der Waals surface area contributed by atoms with Gasteiger partial charge in [0.15, 0.2) is 5.78 Å². The molecule has 1 heterocycles. The number of likely N-dealkylation sites (N-methyl/N-ethyl adjacent to an activating group) is 1. The van der Waals surface area contributed by atoms with Crippen molar-refractivity contribution in [2.75, 3.05) is 14.1 Å². The second kappa shape index (κ2) is 5.78. The van der Waals surface area contributed by atoms with Crippen molar-refractivity contribution in [3.8, 4) is 0 Å². The number of halogens is 1. The van der Waals surface area contributed by atoms with Crippen LogP contribution in [0.1, 0.15) is 23.0 Å². The number of hydrogen-bond donors (Lipinski definition) is 0.